The molecule has 0 aliphatic carbocycles. The number of esters is 1. The second kappa shape index (κ2) is 17.3. The Balaban J connectivity index is 1.28. The molecule has 49 heavy (non-hydrogen) atoms. The van der Waals surface area contributed by atoms with E-state index in [1.54, 1.807) is 6.08 Å². The predicted octanol–water partition coefficient (Wildman–Crippen LogP) is 10.1. The third kappa shape index (κ3) is 9.10. The maximum Gasteiger partial charge on any atom is 0.330 e. The van der Waals surface area contributed by atoms with Crippen LogP contribution in [0.15, 0.2) is 129 Å². The van der Waals surface area contributed by atoms with Crippen molar-refractivity contribution in [2.45, 2.75) is 39.0 Å². The van der Waals surface area contributed by atoms with Crippen LogP contribution in [-0.2, 0) is 16.0 Å². The molecule has 0 spiro atoms. The second-order valence-electron chi connectivity index (χ2n) is 11.4. The van der Waals surface area contributed by atoms with Gasteiger partial charge in [0.05, 0.1) is 13.2 Å². The number of hydrogen-bond acceptors (Lipinski definition) is 4. The van der Waals surface area contributed by atoms with Gasteiger partial charge in [-0.15, -0.1) is 0 Å². The van der Waals surface area contributed by atoms with Crippen molar-refractivity contribution in [1.29, 1.82) is 0 Å². The summed E-state index contributed by atoms with van der Waals surface area (Å²) in [5, 5.41) is 4.10. The fraction of sp³-hybridized carbons (Fsp3) is 0.178. The normalized spacial score (nSPS) is 10.3. The molecule has 0 amide bonds. The number of rotatable bonds is 13. The number of carbonyl (C=O) groups excluding carboxylic acids is 1. The second-order valence-corrected chi connectivity index (χ2v) is 11.4. The van der Waals surface area contributed by atoms with Gasteiger partial charge < -0.3 is 14.2 Å². The van der Waals surface area contributed by atoms with Crippen molar-refractivity contribution in [3.8, 4) is 35.2 Å². The Hall–Kier alpha value is -5.97. The van der Waals surface area contributed by atoms with Gasteiger partial charge in [0.25, 0.3) is 0 Å². The van der Waals surface area contributed by atoms with E-state index in [-0.39, 0.29) is 5.97 Å². The van der Waals surface area contributed by atoms with E-state index in [1.165, 1.54) is 6.08 Å². The van der Waals surface area contributed by atoms with E-state index in [9.17, 15) is 4.79 Å². The number of aryl methyl sites for hydroxylation is 1. The van der Waals surface area contributed by atoms with Crippen LogP contribution in [0.25, 0.3) is 21.5 Å². The van der Waals surface area contributed by atoms with Crippen LogP contribution in [0.1, 0.15) is 60.4 Å². The summed E-state index contributed by atoms with van der Waals surface area (Å²) in [7, 11) is 0. The molecule has 5 aromatic carbocycles. The maximum atomic E-state index is 11.1. The van der Waals surface area contributed by atoms with Crippen LogP contribution < -0.4 is 9.47 Å². The van der Waals surface area contributed by atoms with Crippen LogP contribution in [-0.4, -0.2) is 19.2 Å². The summed E-state index contributed by atoms with van der Waals surface area (Å²) >= 11 is 0. The van der Waals surface area contributed by atoms with Gasteiger partial charge >= 0.3 is 5.97 Å². The Labute approximate surface area is 289 Å². The highest BCUT2D eigenvalue weighted by molar-refractivity contribution is 5.94. The van der Waals surface area contributed by atoms with Crippen LogP contribution in [0.4, 0.5) is 0 Å². The topological polar surface area (TPSA) is 44.8 Å². The van der Waals surface area contributed by atoms with Crippen LogP contribution in [0, 0.1) is 23.7 Å². The van der Waals surface area contributed by atoms with E-state index in [0.717, 1.165) is 93.0 Å². The van der Waals surface area contributed by atoms with Gasteiger partial charge in [-0.1, -0.05) is 98.9 Å². The van der Waals surface area contributed by atoms with Crippen molar-refractivity contribution in [3.63, 3.8) is 0 Å². The Morgan fingerprint density at radius 1 is 0.653 bits per heavy atom. The Morgan fingerprint density at radius 2 is 1.22 bits per heavy atom. The molecule has 0 aliphatic heterocycles. The van der Waals surface area contributed by atoms with Crippen LogP contribution >= 0.6 is 0 Å². The summed E-state index contributed by atoms with van der Waals surface area (Å²) in [5.74, 6) is 15.3. The number of hydrogen-bond donors (Lipinski definition) is 0. The third-order valence-corrected chi connectivity index (χ3v) is 8.10. The highest BCUT2D eigenvalue weighted by Gasteiger charge is 2.08. The average molecular weight is 645 g/mol. The molecule has 244 valence electrons. The van der Waals surface area contributed by atoms with Gasteiger partial charge in [0.2, 0.25) is 0 Å². The average Bonchev–Trinajstić information content (AvgIpc) is 3.14. The Morgan fingerprint density at radius 3 is 1.88 bits per heavy atom. The molecule has 0 aromatic heterocycles. The van der Waals surface area contributed by atoms with Gasteiger partial charge in [0.15, 0.2) is 0 Å². The van der Waals surface area contributed by atoms with Gasteiger partial charge in [-0.3, -0.25) is 0 Å². The monoisotopic (exact) mass is 644 g/mol. The predicted molar refractivity (Wildman–Crippen MR) is 201 cm³/mol. The fourth-order valence-corrected chi connectivity index (χ4v) is 5.49. The van der Waals surface area contributed by atoms with Crippen molar-refractivity contribution in [3.05, 3.63) is 156 Å². The minimum Gasteiger partial charge on any atom is -0.493 e. The van der Waals surface area contributed by atoms with Crippen LogP contribution in [0.2, 0.25) is 0 Å². The summed E-state index contributed by atoms with van der Waals surface area (Å²) < 4.78 is 17.1. The molecule has 0 N–H and O–H groups in total. The molecule has 4 nitrogen and oxygen atoms in total. The molecular formula is C45H40O4. The number of unbranched alkanes of at least 4 members (excludes halogenated alkanes) is 3. The van der Waals surface area contributed by atoms with Gasteiger partial charge in [0.1, 0.15) is 17.3 Å². The van der Waals surface area contributed by atoms with Crippen LogP contribution in [0.5, 0.6) is 11.5 Å². The molecule has 4 heteroatoms. The van der Waals surface area contributed by atoms with Crippen molar-refractivity contribution >= 4 is 27.5 Å². The first-order valence-corrected chi connectivity index (χ1v) is 16.6. The summed E-state index contributed by atoms with van der Waals surface area (Å²) in [4.78, 5) is 11.1. The quantitative estimate of drug-likeness (QED) is 0.0320. The number of fused-ring (bicyclic) bond motifs is 2. The zero-order valence-electron chi connectivity index (χ0n) is 28.0. The highest BCUT2D eigenvalue weighted by Crippen LogP contribution is 2.30. The van der Waals surface area contributed by atoms with Crippen LogP contribution in [0.3, 0.4) is 0 Å². The summed E-state index contributed by atoms with van der Waals surface area (Å²) in [5.41, 5.74) is 4.97. The van der Waals surface area contributed by atoms with E-state index in [0.29, 0.717) is 19.0 Å². The molecular weight excluding hydrogens is 604 g/mol. The van der Waals surface area contributed by atoms with Crippen molar-refractivity contribution in [2.24, 2.45) is 0 Å². The molecule has 5 rings (SSSR count). The summed E-state index contributed by atoms with van der Waals surface area (Å²) in [6.45, 7) is 14.2. The van der Waals surface area contributed by atoms with Gasteiger partial charge in [-0.05, 0) is 86.2 Å². The largest absolute Gasteiger partial charge is 0.493 e. The lowest BCUT2D eigenvalue weighted by molar-refractivity contribution is -0.137. The third-order valence-electron chi connectivity index (χ3n) is 8.10. The maximum absolute atomic E-state index is 11.1. The molecule has 0 radical (unpaired) electrons. The first kappa shape index (κ1) is 34.4. The summed E-state index contributed by atoms with van der Waals surface area (Å²) in [6.07, 6.45) is 7.37. The molecule has 0 saturated carbocycles. The Kier molecular flexibility index (Phi) is 12.1. The first-order chi connectivity index (χ1) is 24.0. The molecule has 0 heterocycles. The molecule has 0 saturated heterocycles. The number of carbonyl (C=O) groups is 1. The minimum atomic E-state index is -0.371. The van der Waals surface area contributed by atoms with Crippen molar-refractivity contribution in [1.82, 2.24) is 0 Å². The van der Waals surface area contributed by atoms with E-state index >= 15 is 0 Å². The highest BCUT2D eigenvalue weighted by atomic mass is 16.5. The fourth-order valence-electron chi connectivity index (χ4n) is 5.49. The van der Waals surface area contributed by atoms with Gasteiger partial charge in [-0.25, -0.2) is 4.79 Å². The lowest BCUT2D eigenvalue weighted by Gasteiger charge is -2.11. The molecule has 0 bridgehead atoms. The van der Waals surface area contributed by atoms with E-state index in [1.807, 2.05) is 60.7 Å². The lowest BCUT2D eigenvalue weighted by atomic mass is 10.00. The SMILES string of the molecule is C=CC(=C)Oc1ccc(C#Cc2ccc(C#Cc3ccc(OCCCCCCOC(=O)C=C)c4ccccc34)c(CC)c2)c2ccccc12. The van der Waals surface area contributed by atoms with E-state index < -0.39 is 0 Å². The number of ether oxygens (including phenoxy) is 3. The van der Waals surface area contributed by atoms with Crippen molar-refractivity contribution in [2.75, 3.05) is 13.2 Å². The van der Waals surface area contributed by atoms with Gasteiger partial charge in [-0.2, -0.15) is 0 Å². The molecule has 0 unspecified atom stereocenters. The zero-order valence-corrected chi connectivity index (χ0v) is 28.0. The Bertz CT molecular complexity index is 2130. The molecule has 0 aliphatic rings. The number of benzene rings is 5. The standard InChI is InChI=1S/C45H40O4/c1-5-33(4)49-44-29-27-37(40-17-11-13-19-42(40)44)23-21-34-20-22-36(35(6-2)32-34)24-25-38-26-28-43(41-18-12-10-16-39(38)41)47-30-14-8-9-15-31-48-45(46)7-3/h5,7,10-13,16-20,22,26-29,32H,1,3-4,6,8-9,14-15,30-31H2,2H3. The first-order valence-electron chi connectivity index (χ1n) is 16.6. The zero-order chi connectivity index (χ0) is 34.4. The van der Waals surface area contributed by atoms with Gasteiger partial charge in [0, 0.05) is 49.9 Å². The smallest absolute Gasteiger partial charge is 0.330 e. The minimum absolute atomic E-state index is 0.371. The number of allylic oxidation sites excluding steroid dienone is 1. The summed E-state index contributed by atoms with van der Waals surface area (Å²) in [6, 6.07) is 30.5. The molecule has 5 aromatic rings. The lowest BCUT2D eigenvalue weighted by Crippen LogP contribution is -2.02. The van der Waals surface area contributed by atoms with E-state index in [2.05, 4.69) is 80.7 Å². The van der Waals surface area contributed by atoms with Crippen molar-refractivity contribution < 1.29 is 19.0 Å². The molecule has 0 fully saturated rings. The molecule has 0 atom stereocenters. The van der Waals surface area contributed by atoms with E-state index in [4.69, 9.17) is 14.2 Å².